The van der Waals surface area contributed by atoms with Crippen molar-refractivity contribution in [2.24, 2.45) is 7.05 Å². The van der Waals surface area contributed by atoms with Gasteiger partial charge in [0.2, 0.25) is 0 Å². The molecule has 94 valence electrons. The van der Waals surface area contributed by atoms with E-state index in [0.717, 1.165) is 23.1 Å². The van der Waals surface area contributed by atoms with Gasteiger partial charge in [0.05, 0.1) is 11.9 Å². The molecule has 6 nitrogen and oxygen atoms in total. The third kappa shape index (κ3) is 2.27. The van der Waals surface area contributed by atoms with E-state index >= 15 is 0 Å². The number of nitrogens with zero attached hydrogens (tertiary/aromatic N) is 4. The Hall–Kier alpha value is -2.11. The van der Waals surface area contributed by atoms with Crippen LogP contribution in [0.4, 0.5) is 17.3 Å². The third-order valence-electron chi connectivity index (χ3n) is 2.92. The molecule has 2 N–H and O–H groups in total. The first-order valence-electron chi connectivity index (χ1n) is 6.07. The largest absolute Gasteiger partial charge is 0.373 e. The van der Waals surface area contributed by atoms with Crippen molar-refractivity contribution in [2.75, 3.05) is 17.7 Å². The number of nitrogens with one attached hydrogen (secondary N) is 2. The highest BCUT2D eigenvalue weighted by Crippen LogP contribution is 2.38. The highest BCUT2D eigenvalue weighted by Gasteiger charge is 2.27. The van der Waals surface area contributed by atoms with Crippen LogP contribution in [0.3, 0.4) is 0 Å². The van der Waals surface area contributed by atoms with Gasteiger partial charge >= 0.3 is 0 Å². The summed E-state index contributed by atoms with van der Waals surface area (Å²) in [6.07, 6.45) is 6.08. The van der Waals surface area contributed by atoms with Gasteiger partial charge in [-0.15, -0.1) is 0 Å². The maximum atomic E-state index is 4.55. The van der Waals surface area contributed by atoms with E-state index in [1.807, 2.05) is 26.4 Å². The summed E-state index contributed by atoms with van der Waals surface area (Å²) < 4.78 is 1.75. The predicted octanol–water partition coefficient (Wildman–Crippen LogP) is 1.87. The van der Waals surface area contributed by atoms with Crippen molar-refractivity contribution in [2.45, 2.75) is 18.8 Å². The molecule has 2 heterocycles. The molecule has 0 aromatic carbocycles. The van der Waals surface area contributed by atoms with Gasteiger partial charge in [0.1, 0.15) is 17.5 Å². The molecule has 0 aliphatic heterocycles. The maximum absolute atomic E-state index is 4.55. The topological polar surface area (TPSA) is 67.7 Å². The van der Waals surface area contributed by atoms with Crippen molar-refractivity contribution < 1.29 is 0 Å². The predicted molar refractivity (Wildman–Crippen MR) is 70.0 cm³/mol. The Morgan fingerprint density at radius 3 is 2.67 bits per heavy atom. The number of hydrogen-bond donors (Lipinski definition) is 2. The molecule has 0 spiro atoms. The van der Waals surface area contributed by atoms with Crippen LogP contribution < -0.4 is 10.6 Å². The number of rotatable bonds is 4. The Balaban J connectivity index is 1.88. The second kappa shape index (κ2) is 4.29. The highest BCUT2D eigenvalue weighted by molar-refractivity contribution is 5.57. The lowest BCUT2D eigenvalue weighted by atomic mass is 10.3. The van der Waals surface area contributed by atoms with Gasteiger partial charge in [0.25, 0.3) is 0 Å². The summed E-state index contributed by atoms with van der Waals surface area (Å²) in [7, 11) is 3.76. The Morgan fingerprint density at radius 1 is 1.28 bits per heavy atom. The fraction of sp³-hybridized carbons (Fsp3) is 0.417. The standard InChI is InChI=1S/C12H16N6/c1-13-10-5-11(15-9-6-14-18(2)7-9)17-12(16-10)8-3-4-8/h5-8H,3-4H2,1-2H3,(H2,13,15,16,17). The minimum atomic E-state index is 0.535. The van der Waals surface area contributed by atoms with Crippen LogP contribution in [0.15, 0.2) is 18.5 Å². The summed E-state index contributed by atoms with van der Waals surface area (Å²) in [5, 5.41) is 10.4. The Kier molecular flexibility index (Phi) is 2.62. The minimum absolute atomic E-state index is 0.535. The molecule has 0 saturated heterocycles. The molecule has 1 fully saturated rings. The molecule has 0 radical (unpaired) electrons. The quantitative estimate of drug-likeness (QED) is 0.859. The molecular formula is C12H16N6. The molecule has 0 amide bonds. The fourth-order valence-electron chi connectivity index (χ4n) is 1.82. The second-order valence-electron chi connectivity index (χ2n) is 4.55. The van der Waals surface area contributed by atoms with E-state index in [9.17, 15) is 0 Å². The van der Waals surface area contributed by atoms with Crippen LogP contribution in [0.1, 0.15) is 24.6 Å². The normalized spacial score (nSPS) is 14.6. The van der Waals surface area contributed by atoms with Crippen LogP contribution in [0.2, 0.25) is 0 Å². The Bertz CT molecular complexity index is 557. The van der Waals surface area contributed by atoms with Crippen molar-refractivity contribution in [1.29, 1.82) is 0 Å². The lowest BCUT2D eigenvalue weighted by Crippen LogP contribution is -2.02. The summed E-state index contributed by atoms with van der Waals surface area (Å²) >= 11 is 0. The first-order valence-corrected chi connectivity index (χ1v) is 6.07. The van der Waals surface area contributed by atoms with E-state index in [0.29, 0.717) is 5.92 Å². The first-order chi connectivity index (χ1) is 8.74. The van der Waals surface area contributed by atoms with E-state index in [1.54, 1.807) is 10.9 Å². The Morgan fingerprint density at radius 2 is 2.06 bits per heavy atom. The van der Waals surface area contributed by atoms with Crippen molar-refractivity contribution >= 4 is 17.3 Å². The van der Waals surface area contributed by atoms with Gasteiger partial charge in [-0.05, 0) is 12.8 Å². The number of aryl methyl sites for hydroxylation is 1. The van der Waals surface area contributed by atoms with E-state index < -0.39 is 0 Å². The van der Waals surface area contributed by atoms with Crippen LogP contribution in [0, 0.1) is 0 Å². The zero-order valence-electron chi connectivity index (χ0n) is 10.5. The molecular weight excluding hydrogens is 228 g/mol. The molecule has 2 aromatic heterocycles. The molecule has 2 aromatic rings. The number of aromatic nitrogens is 4. The van der Waals surface area contributed by atoms with Crippen molar-refractivity contribution in [1.82, 2.24) is 19.7 Å². The van der Waals surface area contributed by atoms with Crippen LogP contribution in [0.25, 0.3) is 0 Å². The minimum Gasteiger partial charge on any atom is -0.373 e. The van der Waals surface area contributed by atoms with Crippen LogP contribution in [0.5, 0.6) is 0 Å². The van der Waals surface area contributed by atoms with Crippen LogP contribution in [-0.4, -0.2) is 26.8 Å². The van der Waals surface area contributed by atoms with E-state index in [-0.39, 0.29) is 0 Å². The second-order valence-corrected chi connectivity index (χ2v) is 4.55. The number of hydrogen-bond acceptors (Lipinski definition) is 5. The molecule has 6 heteroatoms. The zero-order chi connectivity index (χ0) is 12.5. The average Bonchev–Trinajstić information content (AvgIpc) is 3.14. The molecule has 1 aliphatic rings. The van der Waals surface area contributed by atoms with Crippen molar-refractivity contribution in [3.8, 4) is 0 Å². The summed E-state index contributed by atoms with van der Waals surface area (Å²) in [6.45, 7) is 0. The molecule has 0 atom stereocenters. The SMILES string of the molecule is CNc1cc(Nc2cnn(C)c2)nc(C2CC2)n1. The third-order valence-corrected chi connectivity index (χ3v) is 2.92. The number of anilines is 3. The molecule has 18 heavy (non-hydrogen) atoms. The molecule has 0 bridgehead atoms. The van der Waals surface area contributed by atoms with Gasteiger partial charge < -0.3 is 10.6 Å². The van der Waals surface area contributed by atoms with E-state index in [1.165, 1.54) is 12.8 Å². The van der Waals surface area contributed by atoms with Gasteiger partial charge in [-0.2, -0.15) is 5.10 Å². The maximum Gasteiger partial charge on any atom is 0.136 e. The van der Waals surface area contributed by atoms with Crippen molar-refractivity contribution in [3.63, 3.8) is 0 Å². The summed E-state index contributed by atoms with van der Waals surface area (Å²) in [6, 6.07) is 1.90. The fourth-order valence-corrected chi connectivity index (χ4v) is 1.82. The average molecular weight is 244 g/mol. The monoisotopic (exact) mass is 244 g/mol. The van der Waals surface area contributed by atoms with Gasteiger partial charge in [-0.1, -0.05) is 0 Å². The molecule has 1 saturated carbocycles. The zero-order valence-corrected chi connectivity index (χ0v) is 10.5. The summed E-state index contributed by atoms with van der Waals surface area (Å²) in [4.78, 5) is 9.03. The summed E-state index contributed by atoms with van der Waals surface area (Å²) in [5.41, 5.74) is 0.931. The highest BCUT2D eigenvalue weighted by atomic mass is 15.3. The smallest absolute Gasteiger partial charge is 0.136 e. The lowest BCUT2D eigenvalue weighted by molar-refractivity contribution is 0.768. The van der Waals surface area contributed by atoms with E-state index in [4.69, 9.17) is 0 Å². The molecule has 1 aliphatic carbocycles. The van der Waals surface area contributed by atoms with Crippen LogP contribution >= 0.6 is 0 Å². The molecule has 3 rings (SSSR count). The van der Waals surface area contributed by atoms with Crippen LogP contribution in [-0.2, 0) is 7.05 Å². The van der Waals surface area contributed by atoms with Gasteiger partial charge in [-0.25, -0.2) is 9.97 Å². The van der Waals surface area contributed by atoms with Crippen molar-refractivity contribution in [3.05, 3.63) is 24.3 Å². The first kappa shape index (κ1) is 11.0. The van der Waals surface area contributed by atoms with Gasteiger partial charge in [0, 0.05) is 32.3 Å². The van der Waals surface area contributed by atoms with E-state index in [2.05, 4.69) is 25.7 Å². The lowest BCUT2D eigenvalue weighted by Gasteiger charge is -2.07. The molecule has 0 unspecified atom stereocenters. The summed E-state index contributed by atoms with van der Waals surface area (Å²) in [5.74, 6) is 3.11. The van der Waals surface area contributed by atoms with Gasteiger partial charge in [0.15, 0.2) is 0 Å². The van der Waals surface area contributed by atoms with Gasteiger partial charge in [-0.3, -0.25) is 4.68 Å². The Labute approximate surface area is 105 Å².